The predicted molar refractivity (Wildman–Crippen MR) is 72.7 cm³/mol. The van der Waals surface area contributed by atoms with Crippen LogP contribution in [0.5, 0.6) is 5.75 Å². The summed E-state index contributed by atoms with van der Waals surface area (Å²) in [5.41, 5.74) is 0.641. The summed E-state index contributed by atoms with van der Waals surface area (Å²) in [7, 11) is 1.46. The molecule has 0 aliphatic carbocycles. The van der Waals surface area contributed by atoms with Crippen molar-refractivity contribution in [2.45, 2.75) is 13.8 Å². The summed E-state index contributed by atoms with van der Waals surface area (Å²) in [6.07, 6.45) is 0. The minimum absolute atomic E-state index is 0.276. The lowest BCUT2D eigenvalue weighted by Gasteiger charge is -2.14. The number of aliphatic carboxylic acids is 1. The Bertz CT molecular complexity index is 542. The molecule has 1 atom stereocenters. The SMILES string of the molecule is COc1ccc(NC(C)=O)c(NC(=O)C(C)C(=O)O)c1. The number of carboxylic acids is 1. The van der Waals surface area contributed by atoms with Crippen LogP contribution in [0.2, 0.25) is 0 Å². The van der Waals surface area contributed by atoms with Gasteiger partial charge in [0.2, 0.25) is 11.8 Å². The molecule has 1 unspecified atom stereocenters. The molecule has 0 spiro atoms. The first-order valence-corrected chi connectivity index (χ1v) is 5.84. The number of carbonyl (C=O) groups is 3. The summed E-state index contributed by atoms with van der Waals surface area (Å²) in [6, 6.07) is 4.67. The Morgan fingerprint density at radius 2 is 1.85 bits per heavy atom. The highest BCUT2D eigenvalue weighted by Crippen LogP contribution is 2.27. The van der Waals surface area contributed by atoms with Crippen LogP contribution in [0.3, 0.4) is 0 Å². The van der Waals surface area contributed by atoms with Gasteiger partial charge in [0, 0.05) is 13.0 Å². The van der Waals surface area contributed by atoms with Gasteiger partial charge in [-0.15, -0.1) is 0 Å². The summed E-state index contributed by atoms with van der Waals surface area (Å²) in [5.74, 6) is -2.95. The van der Waals surface area contributed by atoms with Crippen LogP contribution in [0, 0.1) is 5.92 Å². The van der Waals surface area contributed by atoms with E-state index in [9.17, 15) is 14.4 Å². The standard InChI is InChI=1S/C13H16N2O5/c1-7(13(18)19)12(17)15-11-6-9(20-3)4-5-10(11)14-8(2)16/h4-7H,1-3H3,(H,14,16)(H,15,17)(H,18,19). The molecule has 7 heteroatoms. The molecule has 1 aromatic carbocycles. The predicted octanol–water partition coefficient (Wildman–Crippen LogP) is 1.31. The summed E-state index contributed by atoms with van der Waals surface area (Å²) in [4.78, 5) is 33.6. The maximum atomic E-state index is 11.7. The van der Waals surface area contributed by atoms with Gasteiger partial charge in [-0.05, 0) is 19.1 Å². The Kier molecular flexibility index (Phi) is 5.08. The second-order valence-electron chi connectivity index (χ2n) is 4.14. The molecule has 20 heavy (non-hydrogen) atoms. The second kappa shape index (κ2) is 6.55. The summed E-state index contributed by atoms with van der Waals surface area (Å²) < 4.78 is 5.02. The molecule has 0 heterocycles. The third-order valence-corrected chi connectivity index (χ3v) is 2.56. The lowest BCUT2D eigenvalue weighted by atomic mass is 10.1. The van der Waals surface area contributed by atoms with Gasteiger partial charge in [0.25, 0.3) is 0 Å². The zero-order valence-electron chi connectivity index (χ0n) is 11.4. The maximum Gasteiger partial charge on any atom is 0.315 e. The number of methoxy groups -OCH3 is 1. The van der Waals surface area contributed by atoms with E-state index in [0.717, 1.165) is 0 Å². The van der Waals surface area contributed by atoms with E-state index in [1.165, 1.54) is 27.0 Å². The van der Waals surface area contributed by atoms with Crippen LogP contribution in [0.25, 0.3) is 0 Å². The number of benzene rings is 1. The Hall–Kier alpha value is -2.57. The van der Waals surface area contributed by atoms with E-state index < -0.39 is 17.8 Å². The number of nitrogens with one attached hydrogen (secondary N) is 2. The first-order chi connectivity index (χ1) is 9.35. The fourth-order valence-corrected chi connectivity index (χ4v) is 1.41. The van der Waals surface area contributed by atoms with Gasteiger partial charge in [0.05, 0.1) is 18.5 Å². The fraction of sp³-hybridized carbons (Fsp3) is 0.308. The van der Waals surface area contributed by atoms with E-state index in [4.69, 9.17) is 9.84 Å². The van der Waals surface area contributed by atoms with Crippen molar-refractivity contribution in [2.75, 3.05) is 17.7 Å². The van der Waals surface area contributed by atoms with Crippen molar-refractivity contribution in [1.82, 2.24) is 0 Å². The van der Waals surface area contributed by atoms with E-state index in [1.807, 2.05) is 0 Å². The monoisotopic (exact) mass is 280 g/mol. The van der Waals surface area contributed by atoms with E-state index in [1.54, 1.807) is 12.1 Å². The van der Waals surface area contributed by atoms with Crippen LogP contribution in [0.1, 0.15) is 13.8 Å². The molecular weight excluding hydrogens is 264 g/mol. The highest BCUT2D eigenvalue weighted by molar-refractivity contribution is 6.06. The second-order valence-corrected chi connectivity index (χ2v) is 4.14. The topological polar surface area (TPSA) is 105 Å². The number of carboxylic acid groups (broad SMARTS) is 1. The van der Waals surface area contributed by atoms with Crippen molar-refractivity contribution in [2.24, 2.45) is 5.92 Å². The molecule has 0 aromatic heterocycles. The molecule has 0 fully saturated rings. The van der Waals surface area contributed by atoms with E-state index >= 15 is 0 Å². The summed E-state index contributed by atoms with van der Waals surface area (Å²) in [5, 5.41) is 13.8. The van der Waals surface area contributed by atoms with Crippen LogP contribution in [0.15, 0.2) is 18.2 Å². The van der Waals surface area contributed by atoms with Crippen LogP contribution < -0.4 is 15.4 Å². The van der Waals surface area contributed by atoms with E-state index in [2.05, 4.69) is 10.6 Å². The number of anilines is 2. The zero-order valence-corrected chi connectivity index (χ0v) is 11.4. The Morgan fingerprint density at radius 3 is 2.35 bits per heavy atom. The van der Waals surface area contributed by atoms with Crippen molar-refractivity contribution in [1.29, 1.82) is 0 Å². The molecule has 0 bridgehead atoms. The van der Waals surface area contributed by atoms with Gasteiger partial charge in [-0.3, -0.25) is 14.4 Å². The fourth-order valence-electron chi connectivity index (χ4n) is 1.41. The van der Waals surface area contributed by atoms with Crippen LogP contribution in [-0.2, 0) is 14.4 Å². The average Bonchev–Trinajstić information content (AvgIpc) is 2.38. The molecule has 0 saturated carbocycles. The number of hydrogen-bond acceptors (Lipinski definition) is 4. The van der Waals surface area contributed by atoms with Crippen LogP contribution in [0.4, 0.5) is 11.4 Å². The van der Waals surface area contributed by atoms with Crippen molar-refractivity contribution >= 4 is 29.2 Å². The van der Waals surface area contributed by atoms with E-state index in [0.29, 0.717) is 11.4 Å². The Balaban J connectivity index is 3.03. The van der Waals surface area contributed by atoms with Crippen molar-refractivity contribution in [3.05, 3.63) is 18.2 Å². The van der Waals surface area contributed by atoms with Gasteiger partial charge >= 0.3 is 5.97 Å². The van der Waals surface area contributed by atoms with Crippen LogP contribution in [-0.4, -0.2) is 30.0 Å². The van der Waals surface area contributed by atoms with Crippen LogP contribution >= 0.6 is 0 Å². The Labute approximate surface area is 115 Å². The van der Waals surface area contributed by atoms with Gasteiger partial charge < -0.3 is 20.5 Å². The quantitative estimate of drug-likeness (QED) is 0.705. The van der Waals surface area contributed by atoms with Gasteiger partial charge in [-0.1, -0.05) is 0 Å². The summed E-state index contributed by atoms with van der Waals surface area (Å²) >= 11 is 0. The zero-order chi connectivity index (χ0) is 15.3. The first-order valence-electron chi connectivity index (χ1n) is 5.84. The van der Waals surface area contributed by atoms with Gasteiger partial charge in [0.15, 0.2) is 0 Å². The highest BCUT2D eigenvalue weighted by atomic mass is 16.5. The third-order valence-electron chi connectivity index (χ3n) is 2.56. The largest absolute Gasteiger partial charge is 0.497 e. The van der Waals surface area contributed by atoms with Crippen molar-refractivity contribution < 1.29 is 24.2 Å². The highest BCUT2D eigenvalue weighted by Gasteiger charge is 2.21. The smallest absolute Gasteiger partial charge is 0.315 e. The van der Waals surface area contributed by atoms with Gasteiger partial charge in [-0.25, -0.2) is 0 Å². The number of hydrogen-bond donors (Lipinski definition) is 3. The minimum atomic E-state index is -1.23. The third kappa shape index (κ3) is 3.98. The molecule has 3 N–H and O–H groups in total. The lowest BCUT2D eigenvalue weighted by Crippen LogP contribution is -2.27. The molecule has 0 radical (unpaired) electrons. The average molecular weight is 280 g/mol. The van der Waals surface area contributed by atoms with Crippen molar-refractivity contribution in [3.63, 3.8) is 0 Å². The molecule has 1 aromatic rings. The number of carbonyl (C=O) groups excluding carboxylic acids is 2. The molecular formula is C13H16N2O5. The minimum Gasteiger partial charge on any atom is -0.497 e. The van der Waals surface area contributed by atoms with Gasteiger partial charge in [-0.2, -0.15) is 0 Å². The summed E-state index contributed by atoms with van der Waals surface area (Å²) in [6.45, 7) is 2.60. The molecule has 0 aliphatic rings. The molecule has 108 valence electrons. The maximum absolute atomic E-state index is 11.7. The molecule has 0 aliphatic heterocycles. The van der Waals surface area contributed by atoms with E-state index in [-0.39, 0.29) is 11.6 Å². The Morgan fingerprint density at radius 1 is 1.20 bits per heavy atom. The number of rotatable bonds is 5. The molecule has 2 amide bonds. The molecule has 1 rings (SSSR count). The number of amides is 2. The van der Waals surface area contributed by atoms with Gasteiger partial charge in [0.1, 0.15) is 11.7 Å². The first kappa shape index (κ1) is 15.5. The lowest BCUT2D eigenvalue weighted by molar-refractivity contribution is -0.144. The molecule has 7 nitrogen and oxygen atoms in total. The molecule has 0 saturated heterocycles. The normalized spacial score (nSPS) is 11.3. The van der Waals surface area contributed by atoms with Crippen molar-refractivity contribution in [3.8, 4) is 5.75 Å². The number of ether oxygens (including phenoxy) is 1.